The Morgan fingerprint density at radius 1 is 1.44 bits per heavy atom. The number of allylic oxidation sites excluding steroid dienone is 1. The average Bonchev–Trinajstić information content (AvgIpc) is 2.49. The number of hydrogen-bond acceptors (Lipinski definition) is 3. The van der Waals surface area contributed by atoms with Crippen LogP contribution in [0.4, 0.5) is 4.79 Å². The van der Waals surface area contributed by atoms with Crippen molar-refractivity contribution in [1.82, 2.24) is 5.32 Å². The normalized spacial score (nSPS) is 24.2. The van der Waals surface area contributed by atoms with Crippen molar-refractivity contribution >= 4 is 12.1 Å². The van der Waals surface area contributed by atoms with Crippen LogP contribution in [0.5, 0.6) is 0 Å². The Morgan fingerprint density at radius 2 is 2.06 bits per heavy atom. The summed E-state index contributed by atoms with van der Waals surface area (Å²) >= 11 is 0. The standard InChI is InChI=1S/C11H17NO4/c1-10(2,3)16-9(15)12-11(8(13)14)6-4-5-7-11/h4,6H,5,7H2,1-3H3,(H,12,15)(H,13,14). The second-order valence-electron chi connectivity index (χ2n) is 4.84. The fourth-order valence-corrected chi connectivity index (χ4v) is 1.50. The first-order chi connectivity index (χ1) is 7.25. The summed E-state index contributed by atoms with van der Waals surface area (Å²) in [7, 11) is 0. The molecule has 1 aliphatic carbocycles. The number of rotatable bonds is 2. The second-order valence-corrected chi connectivity index (χ2v) is 4.84. The Kier molecular flexibility index (Phi) is 3.26. The monoisotopic (exact) mass is 227 g/mol. The SMILES string of the molecule is CC(C)(C)OC(=O)NC1(C(=O)O)C=CCC1. The first kappa shape index (κ1) is 12.5. The van der Waals surface area contributed by atoms with E-state index in [1.807, 2.05) is 0 Å². The number of aliphatic carboxylic acids is 1. The molecule has 0 aromatic heterocycles. The molecule has 16 heavy (non-hydrogen) atoms. The van der Waals surface area contributed by atoms with Crippen LogP contribution in [-0.2, 0) is 9.53 Å². The van der Waals surface area contributed by atoms with Gasteiger partial charge in [-0.2, -0.15) is 0 Å². The fraction of sp³-hybridized carbons (Fsp3) is 0.636. The number of carboxylic acids is 1. The van der Waals surface area contributed by atoms with Gasteiger partial charge in [-0.25, -0.2) is 9.59 Å². The Morgan fingerprint density at radius 3 is 2.44 bits per heavy atom. The van der Waals surface area contributed by atoms with Crippen LogP contribution in [-0.4, -0.2) is 28.3 Å². The average molecular weight is 227 g/mol. The second kappa shape index (κ2) is 4.15. The Balaban J connectivity index is 2.68. The maximum atomic E-state index is 11.5. The van der Waals surface area contributed by atoms with Crippen molar-refractivity contribution in [2.45, 2.75) is 44.8 Å². The summed E-state index contributed by atoms with van der Waals surface area (Å²) in [5.41, 5.74) is -1.94. The first-order valence-electron chi connectivity index (χ1n) is 5.17. The molecule has 0 fully saturated rings. The highest BCUT2D eigenvalue weighted by Gasteiger charge is 2.40. The third-order valence-corrected chi connectivity index (χ3v) is 2.21. The lowest BCUT2D eigenvalue weighted by molar-refractivity contribution is -0.142. The van der Waals surface area contributed by atoms with E-state index in [-0.39, 0.29) is 0 Å². The Hall–Kier alpha value is -1.52. The lowest BCUT2D eigenvalue weighted by atomic mass is 10.00. The number of nitrogens with one attached hydrogen (secondary N) is 1. The largest absolute Gasteiger partial charge is 0.479 e. The van der Waals surface area contributed by atoms with Gasteiger partial charge >= 0.3 is 12.1 Å². The highest BCUT2D eigenvalue weighted by atomic mass is 16.6. The van der Waals surface area contributed by atoms with Gasteiger partial charge in [-0.1, -0.05) is 12.2 Å². The van der Waals surface area contributed by atoms with Gasteiger partial charge in [0.05, 0.1) is 0 Å². The van der Waals surface area contributed by atoms with Crippen LogP contribution in [0.2, 0.25) is 0 Å². The molecule has 0 aliphatic heterocycles. The number of hydrogen-bond donors (Lipinski definition) is 2. The predicted octanol–water partition coefficient (Wildman–Crippen LogP) is 1.68. The van der Waals surface area contributed by atoms with Crippen molar-refractivity contribution in [2.75, 3.05) is 0 Å². The third kappa shape index (κ3) is 2.98. The molecule has 1 rings (SSSR count). The molecule has 1 aliphatic rings. The molecule has 5 heteroatoms. The Bertz CT molecular complexity index is 329. The molecule has 2 N–H and O–H groups in total. The summed E-state index contributed by atoms with van der Waals surface area (Å²) in [6, 6.07) is 0. The van der Waals surface area contributed by atoms with Gasteiger partial charge in [-0.15, -0.1) is 0 Å². The molecule has 1 unspecified atom stereocenters. The van der Waals surface area contributed by atoms with E-state index in [0.29, 0.717) is 12.8 Å². The van der Waals surface area contributed by atoms with E-state index in [9.17, 15) is 9.59 Å². The number of carbonyl (C=O) groups excluding carboxylic acids is 1. The molecule has 0 heterocycles. The van der Waals surface area contributed by atoms with Gasteiger partial charge in [0.25, 0.3) is 0 Å². The van der Waals surface area contributed by atoms with Gasteiger partial charge in [-0.05, 0) is 33.6 Å². The molecule has 90 valence electrons. The number of ether oxygens (including phenoxy) is 1. The maximum absolute atomic E-state index is 11.5. The zero-order valence-corrected chi connectivity index (χ0v) is 9.74. The highest BCUT2D eigenvalue weighted by Crippen LogP contribution is 2.23. The van der Waals surface area contributed by atoms with Crippen molar-refractivity contribution in [1.29, 1.82) is 0 Å². The molecule has 0 aromatic carbocycles. The summed E-state index contributed by atoms with van der Waals surface area (Å²) < 4.78 is 5.03. The zero-order chi connectivity index (χ0) is 12.4. The van der Waals surface area contributed by atoms with E-state index in [0.717, 1.165) is 0 Å². The third-order valence-electron chi connectivity index (χ3n) is 2.21. The van der Waals surface area contributed by atoms with Gasteiger partial charge in [-0.3, -0.25) is 0 Å². The topological polar surface area (TPSA) is 75.6 Å². The van der Waals surface area contributed by atoms with E-state index in [1.165, 1.54) is 6.08 Å². The van der Waals surface area contributed by atoms with E-state index < -0.39 is 23.2 Å². The van der Waals surface area contributed by atoms with Crippen molar-refractivity contribution < 1.29 is 19.4 Å². The molecule has 0 aromatic rings. The molecule has 0 saturated carbocycles. The summed E-state index contributed by atoms with van der Waals surface area (Å²) in [6.07, 6.45) is 3.54. The van der Waals surface area contributed by atoms with Crippen LogP contribution in [0.15, 0.2) is 12.2 Å². The molecule has 0 radical (unpaired) electrons. The molecule has 1 amide bonds. The molecular weight excluding hydrogens is 210 g/mol. The van der Waals surface area contributed by atoms with Crippen molar-refractivity contribution in [3.05, 3.63) is 12.2 Å². The molecule has 0 spiro atoms. The van der Waals surface area contributed by atoms with Crippen LogP contribution < -0.4 is 5.32 Å². The quantitative estimate of drug-likeness (QED) is 0.704. The minimum atomic E-state index is -1.30. The van der Waals surface area contributed by atoms with Crippen LogP contribution in [0.3, 0.4) is 0 Å². The minimum absolute atomic E-state index is 0.363. The van der Waals surface area contributed by atoms with E-state index in [2.05, 4.69) is 5.32 Å². The van der Waals surface area contributed by atoms with Gasteiger partial charge < -0.3 is 15.2 Å². The molecule has 1 atom stereocenters. The van der Waals surface area contributed by atoms with E-state index >= 15 is 0 Å². The molecule has 5 nitrogen and oxygen atoms in total. The van der Waals surface area contributed by atoms with Gasteiger partial charge in [0, 0.05) is 0 Å². The summed E-state index contributed by atoms with van der Waals surface area (Å²) in [6.45, 7) is 5.18. The summed E-state index contributed by atoms with van der Waals surface area (Å²) in [5.74, 6) is -1.06. The predicted molar refractivity (Wildman–Crippen MR) is 58.1 cm³/mol. The van der Waals surface area contributed by atoms with Gasteiger partial charge in [0.15, 0.2) is 5.54 Å². The number of alkyl carbamates (subject to hydrolysis) is 1. The minimum Gasteiger partial charge on any atom is -0.479 e. The molecule has 0 bridgehead atoms. The van der Waals surface area contributed by atoms with Crippen LogP contribution in [0, 0.1) is 0 Å². The van der Waals surface area contributed by atoms with Crippen molar-refractivity contribution in [2.24, 2.45) is 0 Å². The number of carboxylic acid groups (broad SMARTS) is 1. The van der Waals surface area contributed by atoms with Gasteiger partial charge in [0.1, 0.15) is 5.60 Å². The lowest BCUT2D eigenvalue weighted by Crippen LogP contribution is -2.53. The lowest BCUT2D eigenvalue weighted by Gasteiger charge is -2.26. The van der Waals surface area contributed by atoms with Crippen LogP contribution in [0.1, 0.15) is 33.6 Å². The highest BCUT2D eigenvalue weighted by molar-refractivity contribution is 5.87. The van der Waals surface area contributed by atoms with Gasteiger partial charge in [0.2, 0.25) is 0 Å². The van der Waals surface area contributed by atoms with E-state index in [4.69, 9.17) is 9.84 Å². The summed E-state index contributed by atoms with van der Waals surface area (Å²) in [4.78, 5) is 22.6. The smallest absolute Gasteiger partial charge is 0.408 e. The van der Waals surface area contributed by atoms with Crippen molar-refractivity contribution in [3.8, 4) is 0 Å². The van der Waals surface area contributed by atoms with Crippen LogP contribution >= 0.6 is 0 Å². The maximum Gasteiger partial charge on any atom is 0.408 e. The molecule has 0 saturated heterocycles. The fourth-order valence-electron chi connectivity index (χ4n) is 1.50. The number of amides is 1. The number of carbonyl (C=O) groups is 2. The zero-order valence-electron chi connectivity index (χ0n) is 9.74. The summed E-state index contributed by atoms with van der Waals surface area (Å²) in [5, 5.41) is 11.5. The van der Waals surface area contributed by atoms with Crippen molar-refractivity contribution in [3.63, 3.8) is 0 Å². The van der Waals surface area contributed by atoms with Crippen LogP contribution in [0.25, 0.3) is 0 Å². The van der Waals surface area contributed by atoms with E-state index in [1.54, 1.807) is 26.8 Å². The first-order valence-corrected chi connectivity index (χ1v) is 5.17. The Labute approximate surface area is 94.5 Å². The molecular formula is C11H17NO4.